The smallest absolute Gasteiger partial charge is 0.271 e. The van der Waals surface area contributed by atoms with E-state index in [0.29, 0.717) is 11.3 Å². The number of para-hydroxylation sites is 1. The van der Waals surface area contributed by atoms with E-state index in [1.807, 2.05) is 25.1 Å². The Hall–Kier alpha value is -2.64. The van der Waals surface area contributed by atoms with Crippen molar-refractivity contribution >= 4 is 38.6 Å². The lowest BCUT2D eigenvalue weighted by Gasteiger charge is -2.16. The van der Waals surface area contributed by atoms with Crippen molar-refractivity contribution in [3.63, 3.8) is 0 Å². The molecule has 1 heterocycles. The molecule has 5 nitrogen and oxygen atoms in total. The third kappa shape index (κ3) is 4.43. The number of sulfonamides is 1. The van der Waals surface area contributed by atoms with Gasteiger partial charge in [-0.25, -0.2) is 8.42 Å². The Morgan fingerprint density at radius 2 is 1.71 bits per heavy atom. The van der Waals surface area contributed by atoms with Gasteiger partial charge in [0.2, 0.25) is 0 Å². The number of carbonyl (C=O) groups is 1. The second-order valence-corrected chi connectivity index (χ2v) is 9.62. The highest BCUT2D eigenvalue weighted by atomic mass is 32.2. The second-order valence-electron chi connectivity index (χ2n) is 6.76. The van der Waals surface area contributed by atoms with E-state index in [-0.39, 0.29) is 16.0 Å². The molecule has 0 aliphatic carbocycles. The molecule has 0 unspecified atom stereocenters. The molecule has 0 bridgehead atoms. The maximum Gasteiger partial charge on any atom is 0.271 e. The summed E-state index contributed by atoms with van der Waals surface area (Å²) < 4.78 is 27.3. The van der Waals surface area contributed by atoms with Gasteiger partial charge in [-0.05, 0) is 59.7 Å². The number of hydrogen-bond acceptors (Lipinski definition) is 4. The quantitative estimate of drug-likeness (QED) is 0.580. The summed E-state index contributed by atoms with van der Waals surface area (Å²) in [7, 11) is -3.60. The van der Waals surface area contributed by atoms with Gasteiger partial charge in [-0.15, -0.1) is 11.3 Å². The number of carbonyl (C=O) groups excluding carboxylic acids is 1. The van der Waals surface area contributed by atoms with Crippen LogP contribution in [0.4, 0.5) is 11.4 Å². The van der Waals surface area contributed by atoms with Crippen LogP contribution in [0.1, 0.15) is 41.3 Å². The Balaban J connectivity index is 1.77. The van der Waals surface area contributed by atoms with Crippen LogP contribution in [-0.2, 0) is 10.0 Å². The molecule has 2 aromatic carbocycles. The van der Waals surface area contributed by atoms with Crippen molar-refractivity contribution in [1.29, 1.82) is 0 Å². The lowest BCUT2D eigenvalue weighted by Crippen LogP contribution is -2.15. The Morgan fingerprint density at radius 3 is 2.32 bits per heavy atom. The van der Waals surface area contributed by atoms with Gasteiger partial charge in [0.05, 0.1) is 0 Å². The van der Waals surface area contributed by atoms with Gasteiger partial charge in [0.25, 0.3) is 15.9 Å². The fourth-order valence-electron chi connectivity index (χ4n) is 2.84. The van der Waals surface area contributed by atoms with Crippen molar-refractivity contribution < 1.29 is 13.2 Å². The van der Waals surface area contributed by atoms with Crippen LogP contribution in [0.3, 0.4) is 0 Å². The lowest BCUT2D eigenvalue weighted by atomic mass is 9.98. The van der Waals surface area contributed by atoms with Crippen molar-refractivity contribution in [2.45, 2.75) is 30.9 Å². The van der Waals surface area contributed by atoms with E-state index in [1.165, 1.54) is 0 Å². The molecule has 0 saturated carbocycles. The number of amides is 1. The molecule has 1 aromatic heterocycles. The summed E-state index contributed by atoms with van der Waals surface area (Å²) in [6.45, 7) is 6.13. The van der Waals surface area contributed by atoms with Crippen LogP contribution in [0.2, 0.25) is 0 Å². The molecule has 0 saturated heterocycles. The van der Waals surface area contributed by atoms with E-state index in [4.69, 9.17) is 0 Å². The zero-order valence-electron chi connectivity index (χ0n) is 15.9. The van der Waals surface area contributed by atoms with Gasteiger partial charge in [-0.2, -0.15) is 0 Å². The lowest BCUT2D eigenvalue weighted by molar-refractivity contribution is 0.102. The normalized spacial score (nSPS) is 11.4. The topological polar surface area (TPSA) is 75.3 Å². The number of rotatable bonds is 6. The zero-order valence-corrected chi connectivity index (χ0v) is 17.5. The van der Waals surface area contributed by atoms with E-state index >= 15 is 0 Å². The average molecular weight is 415 g/mol. The van der Waals surface area contributed by atoms with E-state index in [0.717, 1.165) is 28.2 Å². The van der Waals surface area contributed by atoms with Crippen LogP contribution in [-0.4, -0.2) is 14.3 Å². The minimum Gasteiger partial charge on any atom is -0.321 e. The first-order chi connectivity index (χ1) is 13.3. The Bertz CT molecular complexity index is 1070. The fraction of sp³-hybridized carbons (Fsp3) is 0.190. The molecule has 3 aromatic rings. The van der Waals surface area contributed by atoms with E-state index in [1.54, 1.807) is 41.8 Å². The predicted molar refractivity (Wildman–Crippen MR) is 115 cm³/mol. The number of anilines is 2. The molecule has 2 N–H and O–H groups in total. The van der Waals surface area contributed by atoms with Gasteiger partial charge >= 0.3 is 0 Å². The van der Waals surface area contributed by atoms with Gasteiger partial charge in [0, 0.05) is 16.9 Å². The van der Waals surface area contributed by atoms with Crippen LogP contribution in [0, 0.1) is 6.92 Å². The standard InChI is InChI=1S/C21H22N2O3S2/c1-14(2)18-7-4-6-15(3)20(18)22-21(24)16-9-11-17(12-10-16)23-28(25,26)19-8-5-13-27-19/h4-14,23H,1-3H3,(H,22,24). The fourth-order valence-corrected chi connectivity index (χ4v) is 4.89. The van der Waals surface area contributed by atoms with Gasteiger partial charge in [0.1, 0.15) is 4.21 Å². The summed E-state index contributed by atoms with van der Waals surface area (Å²) in [5, 5.41) is 4.70. The molecule has 0 atom stereocenters. The molecule has 146 valence electrons. The number of aryl methyl sites for hydroxylation is 1. The summed E-state index contributed by atoms with van der Waals surface area (Å²) >= 11 is 1.15. The number of benzene rings is 2. The van der Waals surface area contributed by atoms with Gasteiger partial charge in [-0.3, -0.25) is 9.52 Å². The van der Waals surface area contributed by atoms with E-state index in [2.05, 4.69) is 23.9 Å². The molecular formula is C21H22N2O3S2. The number of hydrogen-bond donors (Lipinski definition) is 2. The highest BCUT2D eigenvalue weighted by molar-refractivity contribution is 7.94. The molecule has 1 amide bonds. The molecule has 0 fully saturated rings. The maximum absolute atomic E-state index is 12.7. The zero-order chi connectivity index (χ0) is 20.3. The van der Waals surface area contributed by atoms with Crippen molar-refractivity contribution in [2.75, 3.05) is 10.0 Å². The van der Waals surface area contributed by atoms with Crippen molar-refractivity contribution in [2.24, 2.45) is 0 Å². The SMILES string of the molecule is Cc1cccc(C(C)C)c1NC(=O)c1ccc(NS(=O)(=O)c2cccs2)cc1. The van der Waals surface area contributed by atoms with E-state index in [9.17, 15) is 13.2 Å². The molecule has 28 heavy (non-hydrogen) atoms. The third-order valence-corrected chi connectivity index (χ3v) is 7.10. The first-order valence-corrected chi connectivity index (χ1v) is 11.2. The predicted octanol–water partition coefficient (Wildman–Crippen LogP) is 5.23. The molecule has 0 radical (unpaired) electrons. The largest absolute Gasteiger partial charge is 0.321 e. The summed E-state index contributed by atoms with van der Waals surface area (Å²) in [6, 6.07) is 15.6. The highest BCUT2D eigenvalue weighted by Gasteiger charge is 2.16. The van der Waals surface area contributed by atoms with E-state index < -0.39 is 10.0 Å². The summed E-state index contributed by atoms with van der Waals surface area (Å²) in [5.41, 5.74) is 3.76. The van der Waals surface area contributed by atoms with Crippen LogP contribution in [0.5, 0.6) is 0 Å². The van der Waals surface area contributed by atoms with Gasteiger partial charge in [0.15, 0.2) is 0 Å². The van der Waals surface area contributed by atoms with Crippen LogP contribution in [0.15, 0.2) is 64.2 Å². The molecule has 0 aliphatic rings. The highest BCUT2D eigenvalue weighted by Crippen LogP contribution is 2.28. The summed E-state index contributed by atoms with van der Waals surface area (Å²) in [6.07, 6.45) is 0. The third-order valence-electron chi connectivity index (χ3n) is 4.32. The van der Waals surface area contributed by atoms with Crippen LogP contribution in [0.25, 0.3) is 0 Å². The van der Waals surface area contributed by atoms with Crippen molar-refractivity contribution in [3.05, 3.63) is 76.7 Å². The Morgan fingerprint density at radius 1 is 1.00 bits per heavy atom. The molecule has 7 heteroatoms. The minimum absolute atomic E-state index is 0.233. The minimum atomic E-state index is -3.60. The van der Waals surface area contributed by atoms with Crippen molar-refractivity contribution in [3.8, 4) is 0 Å². The maximum atomic E-state index is 12.7. The van der Waals surface area contributed by atoms with Gasteiger partial charge < -0.3 is 5.32 Å². The monoisotopic (exact) mass is 414 g/mol. The number of nitrogens with one attached hydrogen (secondary N) is 2. The van der Waals surface area contributed by atoms with Gasteiger partial charge in [-0.1, -0.05) is 38.1 Å². The molecular weight excluding hydrogens is 392 g/mol. The Kier molecular flexibility index (Phi) is 5.86. The summed E-state index contributed by atoms with van der Waals surface area (Å²) in [4.78, 5) is 12.7. The molecule has 0 aliphatic heterocycles. The van der Waals surface area contributed by atoms with Crippen LogP contribution < -0.4 is 10.0 Å². The van der Waals surface area contributed by atoms with Crippen molar-refractivity contribution in [1.82, 2.24) is 0 Å². The molecule has 3 rings (SSSR count). The number of thiophene rings is 1. The summed E-state index contributed by atoms with van der Waals surface area (Å²) in [5.74, 6) is 0.0492. The first kappa shape index (κ1) is 20.1. The first-order valence-electron chi connectivity index (χ1n) is 8.85. The average Bonchev–Trinajstić information content (AvgIpc) is 3.19. The van der Waals surface area contributed by atoms with Crippen LogP contribution >= 0.6 is 11.3 Å². The molecule has 0 spiro atoms. The Labute approximate surface area is 169 Å². The second kappa shape index (κ2) is 8.16.